The number of aliphatic hydroxyl groups excluding tert-OH is 1. The SMILES string of the molecule is CC/C=C\C/C=C\C/C=C\C/C=C\C/C=C\C/C=C\CCCCCCCCCCCCCCCCCCCCCCCCC(=O)OC(CO)COC(=O)CC/C=C\C/C=C\C/C=C\C/C=C\CC. The van der Waals surface area contributed by atoms with Gasteiger partial charge in [0.2, 0.25) is 0 Å². The highest BCUT2D eigenvalue weighted by Crippen LogP contribution is 2.16. The lowest BCUT2D eigenvalue weighted by atomic mass is 10.0. The molecule has 0 aromatic rings. The number of rotatable bonds is 50. The molecule has 0 amide bonds. The second-order valence-corrected chi connectivity index (χ2v) is 18.2. The summed E-state index contributed by atoms with van der Waals surface area (Å²) in [6.07, 6.45) is 85.0. The zero-order valence-corrected chi connectivity index (χ0v) is 44.1. The molecule has 0 aliphatic rings. The number of unbranched alkanes of at least 4 members (excludes halogenated alkanes) is 22. The molecular weight excluding hydrogens is 837 g/mol. The average molecular weight is 942 g/mol. The average Bonchev–Trinajstić information content (AvgIpc) is 3.34. The lowest BCUT2D eigenvalue weighted by Crippen LogP contribution is -2.28. The molecule has 0 aromatic heterocycles. The van der Waals surface area contributed by atoms with Crippen molar-refractivity contribution >= 4 is 11.9 Å². The summed E-state index contributed by atoms with van der Waals surface area (Å²) in [7, 11) is 0. The van der Waals surface area contributed by atoms with E-state index in [-0.39, 0.29) is 31.6 Å². The molecule has 0 spiro atoms. The molecule has 0 bridgehead atoms. The van der Waals surface area contributed by atoms with Crippen LogP contribution in [0.5, 0.6) is 0 Å². The first kappa shape index (κ1) is 64.3. The van der Waals surface area contributed by atoms with E-state index in [9.17, 15) is 14.7 Å². The number of hydrogen-bond acceptors (Lipinski definition) is 5. The van der Waals surface area contributed by atoms with E-state index in [1.165, 1.54) is 128 Å². The number of hydrogen-bond donors (Lipinski definition) is 1. The van der Waals surface area contributed by atoms with Gasteiger partial charge in [-0.2, -0.15) is 0 Å². The van der Waals surface area contributed by atoms with Crippen molar-refractivity contribution in [2.45, 2.75) is 251 Å². The van der Waals surface area contributed by atoms with Gasteiger partial charge in [0.1, 0.15) is 6.61 Å². The highest BCUT2D eigenvalue weighted by molar-refractivity contribution is 5.70. The van der Waals surface area contributed by atoms with Gasteiger partial charge in [-0.25, -0.2) is 0 Å². The Morgan fingerprint density at radius 2 is 0.618 bits per heavy atom. The molecule has 68 heavy (non-hydrogen) atoms. The van der Waals surface area contributed by atoms with Crippen LogP contribution >= 0.6 is 0 Å². The van der Waals surface area contributed by atoms with E-state index in [0.717, 1.165) is 83.5 Å². The van der Waals surface area contributed by atoms with Gasteiger partial charge in [0.15, 0.2) is 6.10 Å². The van der Waals surface area contributed by atoms with Crippen molar-refractivity contribution in [3.8, 4) is 0 Å². The number of carbonyl (C=O) groups excluding carboxylic acids is 2. The Morgan fingerprint density at radius 3 is 0.941 bits per heavy atom. The molecule has 1 unspecified atom stereocenters. The largest absolute Gasteiger partial charge is 0.462 e. The quantitative estimate of drug-likeness (QED) is 0.0374. The maximum absolute atomic E-state index is 12.3. The van der Waals surface area contributed by atoms with Crippen molar-refractivity contribution in [1.82, 2.24) is 0 Å². The first-order chi connectivity index (χ1) is 33.6. The first-order valence-corrected chi connectivity index (χ1v) is 28.1. The van der Waals surface area contributed by atoms with E-state index in [1.54, 1.807) is 0 Å². The third-order valence-electron chi connectivity index (χ3n) is 11.8. The van der Waals surface area contributed by atoms with Crippen LogP contribution in [0.3, 0.4) is 0 Å². The van der Waals surface area contributed by atoms with Crippen molar-refractivity contribution < 1.29 is 24.2 Å². The summed E-state index contributed by atoms with van der Waals surface area (Å²) in [6, 6.07) is 0. The Bertz CT molecular complexity index is 1390. The molecule has 0 aromatic carbocycles. The summed E-state index contributed by atoms with van der Waals surface area (Å²) in [5, 5.41) is 9.60. The molecule has 0 rings (SSSR count). The van der Waals surface area contributed by atoms with Gasteiger partial charge in [0.05, 0.1) is 6.61 Å². The molecule has 0 fully saturated rings. The molecule has 0 aliphatic carbocycles. The summed E-state index contributed by atoms with van der Waals surface area (Å²) in [6.45, 7) is 3.84. The first-order valence-electron chi connectivity index (χ1n) is 28.1. The molecule has 0 radical (unpaired) electrons. The number of aliphatic hydroxyl groups is 1. The summed E-state index contributed by atoms with van der Waals surface area (Å²) < 4.78 is 10.6. The minimum absolute atomic E-state index is 0.107. The molecule has 0 saturated carbocycles. The van der Waals surface area contributed by atoms with Crippen molar-refractivity contribution in [3.05, 3.63) is 122 Å². The number of carbonyl (C=O) groups is 2. The predicted molar refractivity (Wildman–Crippen MR) is 297 cm³/mol. The number of allylic oxidation sites excluding steroid dienone is 20. The van der Waals surface area contributed by atoms with Crippen LogP contribution in [0.1, 0.15) is 245 Å². The van der Waals surface area contributed by atoms with Crippen molar-refractivity contribution in [2.75, 3.05) is 13.2 Å². The van der Waals surface area contributed by atoms with Gasteiger partial charge in [-0.3, -0.25) is 9.59 Å². The topological polar surface area (TPSA) is 72.8 Å². The molecule has 0 heterocycles. The van der Waals surface area contributed by atoms with E-state index < -0.39 is 6.10 Å². The molecule has 5 nitrogen and oxygen atoms in total. The third-order valence-corrected chi connectivity index (χ3v) is 11.8. The number of esters is 2. The standard InChI is InChI=1S/C63H104O5/c1-3-5-7-9-11-13-15-17-18-19-20-21-22-23-24-25-26-27-28-29-30-31-32-33-34-35-36-37-38-39-40-41-42-43-44-46-48-50-52-54-56-58-63(66)68-61(59-64)60-67-62(65)57-55-53-51-49-47-45-16-14-12-10-8-6-4-2/h5-8,11-14,17-18,20-21,23-24,26-27,45,47,51,53,61,64H,3-4,9-10,15-16,19,22,25,28-44,46,48-50,52,54-60H2,1-2H3/b7-5-,8-6-,13-11-,14-12-,18-17-,21-20-,24-23-,27-26-,47-45-,53-51-. The van der Waals surface area contributed by atoms with Crippen LogP contribution in [0.15, 0.2) is 122 Å². The maximum Gasteiger partial charge on any atom is 0.306 e. The Morgan fingerprint density at radius 1 is 0.338 bits per heavy atom. The van der Waals surface area contributed by atoms with Gasteiger partial charge < -0.3 is 14.6 Å². The molecule has 5 heteroatoms. The highest BCUT2D eigenvalue weighted by Gasteiger charge is 2.16. The monoisotopic (exact) mass is 941 g/mol. The van der Waals surface area contributed by atoms with E-state index in [2.05, 4.69) is 123 Å². The van der Waals surface area contributed by atoms with Gasteiger partial charge in [-0.1, -0.05) is 264 Å². The van der Waals surface area contributed by atoms with E-state index in [4.69, 9.17) is 9.47 Å². The fraction of sp³-hybridized carbons (Fsp3) is 0.651. The van der Waals surface area contributed by atoms with Crippen LogP contribution in [0, 0.1) is 0 Å². The Balaban J connectivity index is 3.46. The fourth-order valence-corrected chi connectivity index (χ4v) is 7.63. The Kier molecular flexibility index (Phi) is 54.5. The molecule has 1 atom stereocenters. The predicted octanol–water partition coefficient (Wildman–Crippen LogP) is 19.1. The van der Waals surface area contributed by atoms with Crippen LogP contribution in [-0.2, 0) is 19.1 Å². The van der Waals surface area contributed by atoms with E-state index in [1.807, 2.05) is 12.2 Å². The summed E-state index contributed by atoms with van der Waals surface area (Å²) in [4.78, 5) is 24.3. The molecular formula is C63H104O5. The zero-order valence-electron chi connectivity index (χ0n) is 44.1. The van der Waals surface area contributed by atoms with Crippen LogP contribution in [0.4, 0.5) is 0 Å². The van der Waals surface area contributed by atoms with Gasteiger partial charge >= 0.3 is 11.9 Å². The van der Waals surface area contributed by atoms with Gasteiger partial charge in [-0.15, -0.1) is 0 Å². The van der Waals surface area contributed by atoms with Crippen LogP contribution in [0.25, 0.3) is 0 Å². The zero-order chi connectivity index (χ0) is 49.2. The van der Waals surface area contributed by atoms with Gasteiger partial charge in [0.25, 0.3) is 0 Å². The molecule has 0 aliphatic heterocycles. The van der Waals surface area contributed by atoms with Gasteiger partial charge in [-0.05, 0) is 89.9 Å². The highest BCUT2D eigenvalue weighted by atomic mass is 16.6. The fourth-order valence-electron chi connectivity index (χ4n) is 7.63. The van der Waals surface area contributed by atoms with E-state index >= 15 is 0 Å². The Hall–Kier alpha value is -3.70. The molecule has 0 saturated heterocycles. The lowest BCUT2D eigenvalue weighted by Gasteiger charge is -2.15. The minimum Gasteiger partial charge on any atom is -0.462 e. The normalized spacial score (nSPS) is 13.2. The van der Waals surface area contributed by atoms with Crippen molar-refractivity contribution in [3.63, 3.8) is 0 Å². The molecule has 1 N–H and O–H groups in total. The van der Waals surface area contributed by atoms with Crippen LogP contribution < -0.4 is 0 Å². The number of ether oxygens (including phenoxy) is 2. The molecule has 386 valence electrons. The third kappa shape index (κ3) is 54.9. The summed E-state index contributed by atoms with van der Waals surface area (Å²) >= 11 is 0. The second-order valence-electron chi connectivity index (χ2n) is 18.2. The van der Waals surface area contributed by atoms with Crippen molar-refractivity contribution in [1.29, 1.82) is 0 Å². The van der Waals surface area contributed by atoms with Crippen molar-refractivity contribution in [2.24, 2.45) is 0 Å². The minimum atomic E-state index is -0.805. The summed E-state index contributed by atoms with van der Waals surface area (Å²) in [5.41, 5.74) is 0. The van der Waals surface area contributed by atoms with Crippen LogP contribution in [0.2, 0.25) is 0 Å². The Labute approximate surface area is 420 Å². The van der Waals surface area contributed by atoms with E-state index in [0.29, 0.717) is 12.8 Å². The second kappa shape index (κ2) is 57.6. The van der Waals surface area contributed by atoms with Crippen LogP contribution in [-0.4, -0.2) is 36.4 Å². The lowest BCUT2D eigenvalue weighted by molar-refractivity contribution is -0.161. The maximum atomic E-state index is 12.3. The van der Waals surface area contributed by atoms with Gasteiger partial charge in [0, 0.05) is 12.8 Å². The smallest absolute Gasteiger partial charge is 0.306 e. The summed E-state index contributed by atoms with van der Waals surface area (Å²) in [5.74, 6) is -0.685.